The second-order valence-electron chi connectivity index (χ2n) is 12.3. The summed E-state index contributed by atoms with van der Waals surface area (Å²) in [5.74, 6) is -1.29. The molecule has 41 heavy (non-hydrogen) atoms. The molecule has 1 aromatic carbocycles. The molecule has 2 N–H and O–H groups in total. The fourth-order valence-corrected chi connectivity index (χ4v) is 3.98. The van der Waals surface area contributed by atoms with Gasteiger partial charge >= 0.3 is 24.2 Å². The fraction of sp³-hybridized carbons (Fsp3) is 0.667. The molecule has 11 nitrogen and oxygen atoms in total. The molecular formula is C30H45NO10. The van der Waals surface area contributed by atoms with Crippen LogP contribution in [0.25, 0.3) is 0 Å². The van der Waals surface area contributed by atoms with Crippen LogP contribution in [0.2, 0.25) is 0 Å². The number of carbonyl (C=O) groups excluding carboxylic acids is 4. The van der Waals surface area contributed by atoms with E-state index in [0.717, 1.165) is 32.1 Å². The number of carbonyl (C=O) groups is 4. The zero-order valence-corrected chi connectivity index (χ0v) is 25.4. The lowest BCUT2D eigenvalue weighted by Gasteiger charge is -2.26. The highest BCUT2D eigenvalue weighted by molar-refractivity contribution is 5.76. The van der Waals surface area contributed by atoms with Gasteiger partial charge in [0.05, 0.1) is 5.92 Å². The number of hydrogen-bond acceptors (Lipinski definition) is 11. The van der Waals surface area contributed by atoms with E-state index in [2.05, 4.69) is 0 Å². The van der Waals surface area contributed by atoms with Crippen molar-refractivity contribution >= 4 is 24.2 Å². The van der Waals surface area contributed by atoms with Gasteiger partial charge in [0.1, 0.15) is 29.5 Å². The van der Waals surface area contributed by atoms with Crippen molar-refractivity contribution in [2.75, 3.05) is 0 Å². The van der Waals surface area contributed by atoms with Crippen LogP contribution in [0.5, 0.6) is 11.5 Å². The lowest BCUT2D eigenvalue weighted by atomic mass is 9.89. The van der Waals surface area contributed by atoms with Crippen molar-refractivity contribution in [1.29, 1.82) is 0 Å². The van der Waals surface area contributed by atoms with Gasteiger partial charge in [-0.05, 0) is 92.3 Å². The molecule has 3 atom stereocenters. The lowest BCUT2D eigenvalue weighted by molar-refractivity contribution is -0.169. The van der Waals surface area contributed by atoms with Gasteiger partial charge in [0.2, 0.25) is 0 Å². The Balaban J connectivity index is 2.07. The first-order valence-electron chi connectivity index (χ1n) is 14.0. The molecule has 230 valence electrons. The molecule has 1 aliphatic carbocycles. The van der Waals surface area contributed by atoms with E-state index in [-0.39, 0.29) is 29.8 Å². The molecule has 0 aromatic heterocycles. The van der Waals surface area contributed by atoms with Crippen LogP contribution in [-0.2, 0) is 35.0 Å². The Hall–Kier alpha value is -3.34. The minimum atomic E-state index is -1.08. The largest absolute Gasteiger partial charge is 0.514 e. The zero-order valence-electron chi connectivity index (χ0n) is 25.4. The average molecular weight is 580 g/mol. The van der Waals surface area contributed by atoms with Crippen LogP contribution in [0, 0.1) is 5.92 Å². The molecule has 0 spiro atoms. The maximum Gasteiger partial charge on any atom is 0.514 e. The van der Waals surface area contributed by atoms with E-state index in [0.29, 0.717) is 5.56 Å². The van der Waals surface area contributed by atoms with Crippen LogP contribution < -0.4 is 15.2 Å². The van der Waals surface area contributed by atoms with Crippen molar-refractivity contribution in [3.8, 4) is 11.5 Å². The van der Waals surface area contributed by atoms with E-state index in [1.807, 2.05) is 0 Å². The first-order valence-corrected chi connectivity index (χ1v) is 14.0. The Labute approximate surface area is 242 Å². The molecule has 0 heterocycles. The van der Waals surface area contributed by atoms with E-state index in [1.165, 1.54) is 12.1 Å². The molecule has 11 heteroatoms. The van der Waals surface area contributed by atoms with Gasteiger partial charge in [-0.25, -0.2) is 9.59 Å². The Bertz CT molecular complexity index is 1070. The van der Waals surface area contributed by atoms with Crippen molar-refractivity contribution in [1.82, 2.24) is 0 Å². The summed E-state index contributed by atoms with van der Waals surface area (Å²) in [7, 11) is 0. The van der Waals surface area contributed by atoms with Gasteiger partial charge < -0.3 is 34.2 Å². The van der Waals surface area contributed by atoms with Crippen molar-refractivity contribution in [2.45, 2.75) is 123 Å². The number of nitrogens with two attached hydrogens (primary N) is 1. The number of rotatable bonds is 9. The first-order chi connectivity index (χ1) is 18.9. The van der Waals surface area contributed by atoms with Gasteiger partial charge in [-0.3, -0.25) is 9.59 Å². The Morgan fingerprint density at radius 3 is 1.85 bits per heavy atom. The Morgan fingerprint density at radius 2 is 1.32 bits per heavy atom. The maximum atomic E-state index is 12.7. The molecule has 1 aromatic rings. The second-order valence-corrected chi connectivity index (χ2v) is 12.3. The first kappa shape index (κ1) is 33.9. The highest BCUT2D eigenvalue weighted by Gasteiger charge is 2.29. The quantitative estimate of drug-likeness (QED) is 0.220. The highest BCUT2D eigenvalue weighted by atomic mass is 16.8. The van der Waals surface area contributed by atoms with E-state index in [9.17, 15) is 19.2 Å². The summed E-state index contributed by atoms with van der Waals surface area (Å²) in [6, 6.07) is 3.29. The standard InChI is InChI=1S/C30H45NO10/c1-18(36-25(32)21-12-10-9-11-13-21)19(2)37-26(33)22(31)16-20-14-15-23(38-27(34)40-29(3,4)5)24(17-20)39-28(35)41-30(6,7)8/h14-15,17-19,21-22H,9-13,16,31H2,1-8H3/t18-,19-,22-/m0/s1. The van der Waals surface area contributed by atoms with Crippen molar-refractivity contribution in [3.63, 3.8) is 0 Å². The van der Waals surface area contributed by atoms with Crippen LogP contribution >= 0.6 is 0 Å². The van der Waals surface area contributed by atoms with E-state index in [4.69, 9.17) is 34.2 Å². The summed E-state index contributed by atoms with van der Waals surface area (Å²) in [5.41, 5.74) is 4.98. The normalized spacial score (nSPS) is 16.5. The van der Waals surface area contributed by atoms with Gasteiger partial charge in [0.25, 0.3) is 0 Å². The molecule has 0 amide bonds. The van der Waals surface area contributed by atoms with Gasteiger partial charge in [0, 0.05) is 0 Å². The van der Waals surface area contributed by atoms with E-state index in [1.54, 1.807) is 61.5 Å². The minimum absolute atomic E-state index is 0.0131. The number of benzene rings is 1. The summed E-state index contributed by atoms with van der Waals surface area (Å²) >= 11 is 0. The smallest absolute Gasteiger partial charge is 0.459 e. The third-order valence-electron chi connectivity index (χ3n) is 6.14. The van der Waals surface area contributed by atoms with Crippen molar-refractivity contribution < 1.29 is 47.6 Å². The molecule has 2 rings (SSSR count). The molecule has 0 saturated heterocycles. The summed E-state index contributed by atoms with van der Waals surface area (Å²) in [6.45, 7) is 13.4. The monoisotopic (exact) mass is 579 g/mol. The van der Waals surface area contributed by atoms with Crippen LogP contribution in [0.3, 0.4) is 0 Å². The highest BCUT2D eigenvalue weighted by Crippen LogP contribution is 2.31. The fourth-order valence-electron chi connectivity index (χ4n) is 3.98. The summed E-state index contributed by atoms with van der Waals surface area (Å²) in [4.78, 5) is 49.8. The summed E-state index contributed by atoms with van der Waals surface area (Å²) < 4.78 is 32.0. The third kappa shape index (κ3) is 12.4. The second kappa shape index (κ2) is 14.5. The molecule has 0 aliphatic heterocycles. The Morgan fingerprint density at radius 1 is 0.805 bits per heavy atom. The van der Waals surface area contributed by atoms with Gasteiger partial charge in [-0.2, -0.15) is 0 Å². The molecular weight excluding hydrogens is 534 g/mol. The van der Waals surface area contributed by atoms with Gasteiger partial charge in [-0.15, -0.1) is 0 Å². The number of hydrogen-bond donors (Lipinski definition) is 1. The summed E-state index contributed by atoms with van der Waals surface area (Å²) in [5, 5.41) is 0. The van der Waals surface area contributed by atoms with Crippen molar-refractivity contribution in [2.24, 2.45) is 11.7 Å². The maximum absolute atomic E-state index is 12.7. The SMILES string of the molecule is C[C@H](OC(=O)C1CCCCC1)[C@H](C)OC(=O)[C@@H](N)Cc1ccc(OC(=O)OC(C)(C)C)c(OC(=O)OC(C)(C)C)c1. The molecule has 1 fully saturated rings. The van der Waals surface area contributed by atoms with Crippen LogP contribution in [0.15, 0.2) is 18.2 Å². The lowest BCUT2D eigenvalue weighted by Crippen LogP contribution is -2.40. The Kier molecular flexibility index (Phi) is 12.0. The van der Waals surface area contributed by atoms with Crippen LogP contribution in [0.4, 0.5) is 9.59 Å². The molecule has 1 aliphatic rings. The molecule has 0 radical (unpaired) electrons. The predicted octanol–water partition coefficient (Wildman–Crippen LogP) is 5.63. The topological polar surface area (TPSA) is 150 Å². The molecule has 1 saturated carbocycles. The molecule has 0 unspecified atom stereocenters. The third-order valence-corrected chi connectivity index (χ3v) is 6.14. The van der Waals surface area contributed by atoms with E-state index < -0.39 is 47.7 Å². The van der Waals surface area contributed by atoms with Crippen LogP contribution in [0.1, 0.15) is 93.1 Å². The van der Waals surface area contributed by atoms with Crippen LogP contribution in [-0.4, -0.2) is 53.7 Å². The molecule has 0 bridgehead atoms. The predicted molar refractivity (Wildman–Crippen MR) is 150 cm³/mol. The number of ether oxygens (including phenoxy) is 6. The van der Waals surface area contributed by atoms with Gasteiger partial charge in [0.15, 0.2) is 11.5 Å². The van der Waals surface area contributed by atoms with Gasteiger partial charge in [-0.1, -0.05) is 25.3 Å². The zero-order chi connectivity index (χ0) is 31.0. The summed E-state index contributed by atoms with van der Waals surface area (Å²) in [6.07, 6.45) is 1.41. The average Bonchev–Trinajstić information content (AvgIpc) is 2.83. The van der Waals surface area contributed by atoms with E-state index >= 15 is 0 Å². The number of esters is 2. The van der Waals surface area contributed by atoms with Crippen molar-refractivity contribution in [3.05, 3.63) is 23.8 Å². The minimum Gasteiger partial charge on any atom is -0.459 e.